The van der Waals surface area contributed by atoms with E-state index in [9.17, 15) is 14.3 Å². The molecule has 28 heavy (non-hydrogen) atoms. The number of anilines is 1. The summed E-state index contributed by atoms with van der Waals surface area (Å²) in [6.07, 6.45) is 0. The second-order valence-corrected chi connectivity index (χ2v) is 6.77. The van der Waals surface area contributed by atoms with Crippen LogP contribution < -0.4 is 9.64 Å². The number of morpholine rings is 1. The number of fused-ring (bicyclic) bond motifs is 1. The molecule has 0 saturated carbocycles. The van der Waals surface area contributed by atoms with Gasteiger partial charge in [0.25, 0.3) is 0 Å². The van der Waals surface area contributed by atoms with Crippen LogP contribution in [0.25, 0.3) is 16.6 Å². The monoisotopic (exact) mass is 404 g/mol. The first kappa shape index (κ1) is 18.6. The number of halogens is 2. The lowest BCUT2D eigenvalue weighted by atomic mass is 10.2. The molecular weight excluding hydrogens is 387 g/mol. The maximum absolute atomic E-state index is 14.3. The van der Waals surface area contributed by atoms with Gasteiger partial charge in [-0.25, -0.2) is 9.18 Å². The molecule has 1 saturated heterocycles. The standard InChI is InChI=1S/C20H18ClFN2O4/c1-27-13-4-2-3-12(11-13)24-15-6-5-14(22)17(21)16(15)18(19(24)20(25)26)23-7-9-28-10-8-23/h2-6,11H,7-10H2,1H3,(H,25,26). The van der Waals surface area contributed by atoms with Crippen LogP contribution in [0.3, 0.4) is 0 Å². The predicted molar refractivity (Wildman–Crippen MR) is 105 cm³/mol. The van der Waals surface area contributed by atoms with Crippen LogP contribution in [0.1, 0.15) is 10.5 Å². The summed E-state index contributed by atoms with van der Waals surface area (Å²) < 4.78 is 26.6. The molecule has 0 bridgehead atoms. The zero-order chi connectivity index (χ0) is 19.8. The Labute approximate surface area is 165 Å². The van der Waals surface area contributed by atoms with Crippen LogP contribution in [0.5, 0.6) is 5.75 Å². The van der Waals surface area contributed by atoms with Crippen molar-refractivity contribution in [1.29, 1.82) is 0 Å². The number of aromatic nitrogens is 1. The van der Waals surface area contributed by atoms with Gasteiger partial charge in [0.1, 0.15) is 11.6 Å². The second kappa shape index (κ2) is 7.33. The Balaban J connectivity index is 2.10. The molecule has 6 nitrogen and oxygen atoms in total. The van der Waals surface area contributed by atoms with Gasteiger partial charge < -0.3 is 24.0 Å². The van der Waals surface area contributed by atoms with Gasteiger partial charge in [-0.05, 0) is 24.3 Å². The summed E-state index contributed by atoms with van der Waals surface area (Å²) in [5, 5.41) is 10.4. The molecule has 0 amide bonds. The molecule has 4 rings (SSSR count). The summed E-state index contributed by atoms with van der Waals surface area (Å²) in [6.45, 7) is 1.89. The van der Waals surface area contributed by atoms with E-state index in [0.717, 1.165) is 0 Å². The molecule has 1 fully saturated rings. The average molecular weight is 405 g/mol. The smallest absolute Gasteiger partial charge is 0.355 e. The summed E-state index contributed by atoms with van der Waals surface area (Å²) in [5.74, 6) is -1.14. The minimum Gasteiger partial charge on any atom is -0.497 e. The van der Waals surface area contributed by atoms with Gasteiger partial charge in [0.15, 0.2) is 5.69 Å². The van der Waals surface area contributed by atoms with Crippen LogP contribution in [-0.4, -0.2) is 49.1 Å². The summed E-state index contributed by atoms with van der Waals surface area (Å²) >= 11 is 6.32. The maximum Gasteiger partial charge on any atom is 0.355 e. The molecule has 1 aliphatic rings. The highest BCUT2D eigenvalue weighted by Crippen LogP contribution is 2.42. The first-order valence-electron chi connectivity index (χ1n) is 8.75. The molecule has 3 aromatic rings. The summed E-state index contributed by atoms with van der Waals surface area (Å²) in [5.41, 5.74) is 1.53. The molecule has 0 radical (unpaired) electrons. The predicted octanol–water partition coefficient (Wildman–Crippen LogP) is 3.97. The van der Waals surface area contributed by atoms with Crippen molar-refractivity contribution >= 4 is 34.2 Å². The van der Waals surface area contributed by atoms with E-state index < -0.39 is 11.8 Å². The molecule has 146 valence electrons. The minimum atomic E-state index is -1.13. The molecule has 1 aromatic heterocycles. The number of carbonyl (C=O) groups is 1. The molecule has 1 aliphatic heterocycles. The van der Waals surface area contributed by atoms with Gasteiger partial charge in [-0.2, -0.15) is 0 Å². The molecule has 2 aromatic carbocycles. The van der Waals surface area contributed by atoms with Crippen LogP contribution in [0, 0.1) is 5.82 Å². The number of rotatable bonds is 4. The SMILES string of the molecule is COc1cccc(-n2c(C(=O)O)c(N3CCOCC3)c3c(Cl)c(F)ccc32)c1. The largest absolute Gasteiger partial charge is 0.497 e. The third kappa shape index (κ3) is 2.96. The van der Waals surface area contributed by atoms with Crippen molar-refractivity contribution in [2.75, 3.05) is 38.3 Å². The molecule has 0 spiro atoms. The minimum absolute atomic E-state index is 0.0256. The molecule has 2 heterocycles. The fraction of sp³-hybridized carbons (Fsp3) is 0.250. The number of hydrogen-bond acceptors (Lipinski definition) is 4. The Kier molecular flexibility index (Phi) is 4.87. The van der Waals surface area contributed by atoms with Crippen molar-refractivity contribution in [2.45, 2.75) is 0 Å². The van der Waals surface area contributed by atoms with E-state index in [1.165, 1.54) is 13.2 Å². The summed E-state index contributed by atoms with van der Waals surface area (Å²) in [7, 11) is 1.54. The van der Waals surface area contributed by atoms with Crippen LogP contribution in [0.2, 0.25) is 5.02 Å². The fourth-order valence-electron chi connectivity index (χ4n) is 3.61. The van der Waals surface area contributed by atoms with Gasteiger partial charge in [-0.1, -0.05) is 17.7 Å². The van der Waals surface area contributed by atoms with Gasteiger partial charge in [-0.3, -0.25) is 0 Å². The number of hydrogen-bond donors (Lipinski definition) is 1. The Morgan fingerprint density at radius 1 is 1.25 bits per heavy atom. The second-order valence-electron chi connectivity index (χ2n) is 6.39. The zero-order valence-corrected chi connectivity index (χ0v) is 15.9. The Hall–Kier alpha value is -2.77. The van der Waals surface area contributed by atoms with Crippen molar-refractivity contribution in [3.8, 4) is 11.4 Å². The lowest BCUT2D eigenvalue weighted by molar-refractivity contribution is 0.0688. The lowest BCUT2D eigenvalue weighted by Crippen LogP contribution is -2.37. The third-order valence-electron chi connectivity index (χ3n) is 4.84. The summed E-state index contributed by atoms with van der Waals surface area (Å²) in [6, 6.07) is 9.83. The molecular formula is C20H18ClFN2O4. The third-order valence-corrected chi connectivity index (χ3v) is 5.21. The average Bonchev–Trinajstić information content (AvgIpc) is 3.07. The van der Waals surface area contributed by atoms with Crippen molar-refractivity contribution in [3.05, 3.63) is 52.9 Å². The van der Waals surface area contributed by atoms with Gasteiger partial charge in [-0.15, -0.1) is 0 Å². The van der Waals surface area contributed by atoms with Crippen molar-refractivity contribution in [2.24, 2.45) is 0 Å². The number of carboxylic acid groups (broad SMARTS) is 1. The van der Waals surface area contributed by atoms with Crippen LogP contribution >= 0.6 is 11.6 Å². The van der Waals surface area contributed by atoms with E-state index in [4.69, 9.17) is 21.1 Å². The zero-order valence-electron chi connectivity index (χ0n) is 15.1. The van der Waals surface area contributed by atoms with Crippen molar-refractivity contribution in [1.82, 2.24) is 4.57 Å². The Morgan fingerprint density at radius 3 is 2.68 bits per heavy atom. The van der Waals surface area contributed by atoms with Crippen molar-refractivity contribution in [3.63, 3.8) is 0 Å². The molecule has 0 aliphatic carbocycles. The lowest BCUT2D eigenvalue weighted by Gasteiger charge is -2.29. The highest BCUT2D eigenvalue weighted by atomic mass is 35.5. The van der Waals surface area contributed by atoms with Gasteiger partial charge >= 0.3 is 5.97 Å². The molecule has 0 unspecified atom stereocenters. The highest BCUT2D eigenvalue weighted by molar-refractivity contribution is 6.37. The number of ether oxygens (including phenoxy) is 2. The quantitative estimate of drug-likeness (QED) is 0.713. The van der Waals surface area contributed by atoms with E-state index in [0.29, 0.717) is 54.3 Å². The summed E-state index contributed by atoms with van der Waals surface area (Å²) in [4.78, 5) is 14.2. The fourth-order valence-corrected chi connectivity index (χ4v) is 3.86. The highest BCUT2D eigenvalue weighted by Gasteiger charge is 2.30. The van der Waals surface area contributed by atoms with E-state index >= 15 is 0 Å². The van der Waals surface area contributed by atoms with Crippen LogP contribution in [-0.2, 0) is 4.74 Å². The molecule has 1 N–H and O–H groups in total. The van der Waals surface area contributed by atoms with Crippen LogP contribution in [0.4, 0.5) is 10.1 Å². The van der Waals surface area contributed by atoms with Crippen molar-refractivity contribution < 1.29 is 23.8 Å². The number of aromatic carboxylic acids is 1. The van der Waals surface area contributed by atoms with E-state index in [1.54, 1.807) is 34.9 Å². The first-order valence-corrected chi connectivity index (χ1v) is 9.13. The maximum atomic E-state index is 14.3. The number of benzene rings is 2. The van der Waals surface area contributed by atoms with Crippen LogP contribution in [0.15, 0.2) is 36.4 Å². The Bertz CT molecular complexity index is 1060. The number of carboxylic acids is 1. The Morgan fingerprint density at radius 2 is 2.00 bits per heavy atom. The van der Waals surface area contributed by atoms with Gasteiger partial charge in [0, 0.05) is 24.5 Å². The number of methoxy groups -OCH3 is 1. The molecule has 0 atom stereocenters. The molecule has 8 heteroatoms. The first-order chi connectivity index (χ1) is 13.5. The topological polar surface area (TPSA) is 63.9 Å². The normalized spacial score (nSPS) is 14.5. The van der Waals surface area contributed by atoms with E-state index in [1.807, 2.05) is 4.90 Å². The van der Waals surface area contributed by atoms with E-state index in [-0.39, 0.29) is 10.7 Å². The number of nitrogens with zero attached hydrogens (tertiary/aromatic N) is 2. The van der Waals surface area contributed by atoms with Gasteiger partial charge in [0.2, 0.25) is 0 Å². The van der Waals surface area contributed by atoms with E-state index in [2.05, 4.69) is 0 Å². The van der Waals surface area contributed by atoms with Gasteiger partial charge in [0.05, 0.1) is 42.2 Å².